The first-order valence-electron chi connectivity index (χ1n) is 10.9. The van der Waals surface area contributed by atoms with Crippen molar-refractivity contribution in [2.45, 2.75) is 46.1 Å². The summed E-state index contributed by atoms with van der Waals surface area (Å²) in [5, 5.41) is 3.02. The van der Waals surface area contributed by atoms with E-state index in [0.29, 0.717) is 31.5 Å². The van der Waals surface area contributed by atoms with E-state index in [9.17, 15) is 9.59 Å². The molecule has 2 unspecified atom stereocenters. The Hall–Kier alpha value is -1.92. The van der Waals surface area contributed by atoms with Gasteiger partial charge in [-0.05, 0) is 29.5 Å². The molecule has 2 saturated heterocycles. The van der Waals surface area contributed by atoms with Crippen LogP contribution in [0.5, 0.6) is 0 Å². The van der Waals surface area contributed by atoms with Crippen molar-refractivity contribution in [3.63, 3.8) is 0 Å². The Morgan fingerprint density at radius 1 is 1.24 bits per heavy atom. The zero-order valence-electron chi connectivity index (χ0n) is 18.2. The minimum atomic E-state index is -0.305. The average Bonchev–Trinajstić information content (AvgIpc) is 3.08. The van der Waals surface area contributed by atoms with E-state index in [-0.39, 0.29) is 30.3 Å². The monoisotopic (exact) mass is 401 g/mol. The molecule has 0 aromatic heterocycles. The maximum Gasteiger partial charge on any atom is 0.227 e. The number of amides is 2. The molecule has 0 spiro atoms. The number of hydrogen-bond acceptors (Lipinski definition) is 4. The van der Waals surface area contributed by atoms with Crippen molar-refractivity contribution in [2.24, 2.45) is 11.8 Å². The second kappa shape index (κ2) is 9.72. The summed E-state index contributed by atoms with van der Waals surface area (Å²) >= 11 is 0. The molecule has 3 rings (SSSR count). The van der Waals surface area contributed by atoms with E-state index < -0.39 is 0 Å². The molecule has 1 N–H and O–H groups in total. The maximum absolute atomic E-state index is 12.7. The third-order valence-corrected chi connectivity index (χ3v) is 5.69. The van der Waals surface area contributed by atoms with Gasteiger partial charge in [-0.2, -0.15) is 0 Å². The van der Waals surface area contributed by atoms with E-state index in [1.54, 1.807) is 4.90 Å². The summed E-state index contributed by atoms with van der Waals surface area (Å²) in [5.74, 6) is 0.680. The van der Waals surface area contributed by atoms with Crippen LogP contribution in [0.15, 0.2) is 24.3 Å². The van der Waals surface area contributed by atoms with Gasteiger partial charge in [-0.1, -0.05) is 39.8 Å². The van der Waals surface area contributed by atoms with E-state index in [4.69, 9.17) is 4.74 Å². The van der Waals surface area contributed by atoms with Gasteiger partial charge in [0, 0.05) is 44.8 Å². The molecule has 29 heavy (non-hydrogen) atoms. The summed E-state index contributed by atoms with van der Waals surface area (Å²) in [4.78, 5) is 29.4. The molecule has 2 atom stereocenters. The molecule has 6 heteroatoms. The summed E-state index contributed by atoms with van der Waals surface area (Å²) in [6.45, 7) is 13.2. The van der Waals surface area contributed by atoms with Gasteiger partial charge < -0.3 is 15.0 Å². The van der Waals surface area contributed by atoms with E-state index in [1.165, 1.54) is 5.56 Å². The molecule has 2 heterocycles. The Morgan fingerprint density at radius 2 is 2.03 bits per heavy atom. The summed E-state index contributed by atoms with van der Waals surface area (Å²) in [7, 11) is 0. The number of carbonyl (C=O) groups excluding carboxylic acids is 2. The van der Waals surface area contributed by atoms with Crippen LogP contribution < -0.4 is 10.2 Å². The van der Waals surface area contributed by atoms with Crippen LogP contribution in [0, 0.1) is 11.8 Å². The standard InChI is InChI=1S/C23H35N3O3/c1-16(2)13-25-8-9-29-21(15-25)12-24-23(28)19-11-22(27)26(14-19)20-7-5-6-18(10-20)17(3)4/h5-7,10,16-17,19,21H,8-9,11-15H2,1-4H3,(H,24,28). The molecule has 0 radical (unpaired) electrons. The number of anilines is 1. The predicted octanol–water partition coefficient (Wildman–Crippen LogP) is 2.64. The van der Waals surface area contributed by atoms with Crippen molar-refractivity contribution in [1.82, 2.24) is 10.2 Å². The molecule has 2 aliphatic rings. The zero-order valence-corrected chi connectivity index (χ0v) is 18.2. The molecule has 2 amide bonds. The predicted molar refractivity (Wildman–Crippen MR) is 115 cm³/mol. The number of morpholine rings is 1. The Morgan fingerprint density at radius 3 is 2.76 bits per heavy atom. The molecule has 160 valence electrons. The number of benzene rings is 1. The first kappa shape index (κ1) is 21.8. The van der Waals surface area contributed by atoms with Crippen LogP contribution >= 0.6 is 0 Å². The van der Waals surface area contributed by atoms with Crippen molar-refractivity contribution in [2.75, 3.05) is 44.2 Å². The van der Waals surface area contributed by atoms with Crippen LogP contribution in [0.1, 0.15) is 45.6 Å². The Balaban J connectivity index is 1.52. The van der Waals surface area contributed by atoms with Gasteiger partial charge in [-0.15, -0.1) is 0 Å². The van der Waals surface area contributed by atoms with Crippen LogP contribution in [0.4, 0.5) is 5.69 Å². The normalized spacial score (nSPS) is 23.2. The smallest absolute Gasteiger partial charge is 0.227 e. The van der Waals surface area contributed by atoms with E-state index in [2.05, 4.69) is 50.0 Å². The third-order valence-electron chi connectivity index (χ3n) is 5.69. The second-order valence-electron chi connectivity index (χ2n) is 9.05. The molecule has 6 nitrogen and oxygen atoms in total. The molecule has 0 aliphatic carbocycles. The Bertz CT molecular complexity index is 719. The number of rotatable bonds is 7. The van der Waals surface area contributed by atoms with Crippen molar-refractivity contribution in [1.29, 1.82) is 0 Å². The number of nitrogens with zero attached hydrogens (tertiary/aromatic N) is 2. The molecule has 2 aliphatic heterocycles. The SMILES string of the molecule is CC(C)CN1CCOC(CNC(=O)C2CC(=O)N(c3cccc(C(C)C)c3)C2)C1. The lowest BCUT2D eigenvalue weighted by atomic mass is 10.0. The van der Waals surface area contributed by atoms with Crippen LogP contribution in [-0.4, -0.2) is 62.1 Å². The highest BCUT2D eigenvalue weighted by Crippen LogP contribution is 2.28. The van der Waals surface area contributed by atoms with Crippen LogP contribution in [0.3, 0.4) is 0 Å². The first-order chi connectivity index (χ1) is 13.8. The van der Waals surface area contributed by atoms with Crippen LogP contribution in [0.2, 0.25) is 0 Å². The van der Waals surface area contributed by atoms with E-state index in [0.717, 1.165) is 25.3 Å². The van der Waals surface area contributed by atoms with Crippen LogP contribution in [-0.2, 0) is 14.3 Å². The lowest BCUT2D eigenvalue weighted by Gasteiger charge is -2.34. The lowest BCUT2D eigenvalue weighted by Crippen LogP contribution is -2.49. The molecule has 2 fully saturated rings. The zero-order chi connectivity index (χ0) is 21.0. The van der Waals surface area contributed by atoms with Gasteiger partial charge >= 0.3 is 0 Å². The quantitative estimate of drug-likeness (QED) is 0.763. The number of carbonyl (C=O) groups is 2. The van der Waals surface area contributed by atoms with Gasteiger partial charge in [-0.3, -0.25) is 14.5 Å². The third kappa shape index (κ3) is 5.80. The highest BCUT2D eigenvalue weighted by Gasteiger charge is 2.35. The maximum atomic E-state index is 12.7. The summed E-state index contributed by atoms with van der Waals surface area (Å²) in [6, 6.07) is 8.06. The van der Waals surface area contributed by atoms with Gasteiger partial charge in [0.2, 0.25) is 11.8 Å². The summed E-state index contributed by atoms with van der Waals surface area (Å²) in [6.07, 6.45) is 0.283. The lowest BCUT2D eigenvalue weighted by molar-refractivity contribution is -0.127. The largest absolute Gasteiger partial charge is 0.374 e. The fourth-order valence-corrected chi connectivity index (χ4v) is 4.13. The van der Waals surface area contributed by atoms with Crippen LogP contribution in [0.25, 0.3) is 0 Å². The van der Waals surface area contributed by atoms with Gasteiger partial charge in [0.1, 0.15) is 0 Å². The molecule has 0 saturated carbocycles. The topological polar surface area (TPSA) is 61.9 Å². The van der Waals surface area contributed by atoms with Gasteiger partial charge in [0.15, 0.2) is 0 Å². The molecular formula is C23H35N3O3. The van der Waals surface area contributed by atoms with E-state index in [1.807, 2.05) is 12.1 Å². The molecular weight excluding hydrogens is 366 g/mol. The fraction of sp³-hybridized carbons (Fsp3) is 0.652. The van der Waals surface area contributed by atoms with Gasteiger partial charge in [0.25, 0.3) is 0 Å². The Kier molecular flexibility index (Phi) is 7.30. The summed E-state index contributed by atoms with van der Waals surface area (Å²) in [5.41, 5.74) is 2.08. The van der Waals surface area contributed by atoms with E-state index >= 15 is 0 Å². The van der Waals surface area contributed by atoms with Crippen molar-refractivity contribution in [3.05, 3.63) is 29.8 Å². The molecule has 0 bridgehead atoms. The molecule has 1 aromatic carbocycles. The Labute approximate surface area is 174 Å². The summed E-state index contributed by atoms with van der Waals surface area (Å²) < 4.78 is 5.82. The first-order valence-corrected chi connectivity index (χ1v) is 10.9. The minimum absolute atomic E-state index is 0.0161. The van der Waals surface area contributed by atoms with Crippen molar-refractivity contribution < 1.29 is 14.3 Å². The highest BCUT2D eigenvalue weighted by atomic mass is 16.5. The number of nitrogens with one attached hydrogen (secondary N) is 1. The second-order valence-corrected chi connectivity index (χ2v) is 9.05. The van der Waals surface area contributed by atoms with Crippen molar-refractivity contribution >= 4 is 17.5 Å². The number of ether oxygens (including phenoxy) is 1. The minimum Gasteiger partial charge on any atom is -0.374 e. The fourth-order valence-electron chi connectivity index (χ4n) is 4.13. The molecule has 1 aromatic rings. The van der Waals surface area contributed by atoms with Gasteiger partial charge in [0.05, 0.1) is 18.6 Å². The highest BCUT2D eigenvalue weighted by molar-refractivity contribution is 6.00. The number of hydrogen-bond donors (Lipinski definition) is 1. The average molecular weight is 402 g/mol. The van der Waals surface area contributed by atoms with Crippen molar-refractivity contribution in [3.8, 4) is 0 Å². The van der Waals surface area contributed by atoms with Gasteiger partial charge in [-0.25, -0.2) is 0 Å².